The van der Waals surface area contributed by atoms with Gasteiger partial charge < -0.3 is 10.5 Å². The third-order valence-electron chi connectivity index (χ3n) is 2.00. The number of nitrogens with zero attached hydrogens (tertiary/aromatic N) is 1. The second-order valence-corrected chi connectivity index (χ2v) is 3.42. The number of hydrogen-bond donors (Lipinski definition) is 1. The van der Waals surface area contributed by atoms with Crippen LogP contribution in [0, 0.1) is 6.92 Å². The molecule has 2 N–H and O–H groups in total. The lowest BCUT2D eigenvalue weighted by Crippen LogP contribution is -2.04. The summed E-state index contributed by atoms with van der Waals surface area (Å²) < 4.78 is 5.40. The van der Waals surface area contributed by atoms with Crippen LogP contribution in [-0.4, -0.2) is 18.2 Å². The van der Waals surface area contributed by atoms with E-state index in [1.807, 2.05) is 6.92 Å². The first-order valence-electron chi connectivity index (χ1n) is 5.02. The fourth-order valence-electron chi connectivity index (χ4n) is 1.27. The summed E-state index contributed by atoms with van der Waals surface area (Å²) in [7, 11) is 0. The molecule has 0 saturated heterocycles. The van der Waals surface area contributed by atoms with E-state index in [2.05, 4.69) is 18.0 Å². The Morgan fingerprint density at radius 3 is 2.93 bits per heavy atom. The number of nitrogen functional groups attached to an aromatic ring is 1. The molecule has 0 aliphatic heterocycles. The van der Waals surface area contributed by atoms with Crippen LogP contribution in [0.15, 0.2) is 12.3 Å². The second kappa shape index (κ2) is 5.60. The highest BCUT2D eigenvalue weighted by Crippen LogP contribution is 2.10. The molecule has 3 heteroatoms. The predicted octanol–water partition coefficient (Wildman–Crippen LogP) is 1.94. The Morgan fingerprint density at radius 2 is 2.21 bits per heavy atom. The molecule has 3 nitrogen and oxygen atoms in total. The zero-order chi connectivity index (χ0) is 10.4. The average molecular weight is 194 g/mol. The third-order valence-corrected chi connectivity index (χ3v) is 2.00. The first kappa shape index (κ1) is 11.0. The molecule has 0 aliphatic carbocycles. The molecule has 0 unspecified atom stereocenters. The van der Waals surface area contributed by atoms with E-state index in [1.54, 1.807) is 6.20 Å². The molecule has 78 valence electrons. The number of rotatable bonds is 5. The summed E-state index contributed by atoms with van der Waals surface area (Å²) in [4.78, 5) is 4.10. The quantitative estimate of drug-likeness (QED) is 0.729. The summed E-state index contributed by atoms with van der Waals surface area (Å²) in [6.07, 6.45) is 3.69. The highest BCUT2D eigenvalue weighted by Gasteiger charge is 2.00. The molecule has 1 rings (SSSR count). The Bertz CT molecular complexity index is 287. The van der Waals surface area contributed by atoms with Crippen LogP contribution in [0.3, 0.4) is 0 Å². The predicted molar refractivity (Wildman–Crippen MR) is 58.2 cm³/mol. The van der Waals surface area contributed by atoms with Crippen molar-refractivity contribution in [3.8, 4) is 0 Å². The molecule has 1 aromatic heterocycles. The van der Waals surface area contributed by atoms with E-state index >= 15 is 0 Å². The number of aryl methyl sites for hydroxylation is 1. The first-order valence-corrected chi connectivity index (χ1v) is 5.02. The van der Waals surface area contributed by atoms with Crippen molar-refractivity contribution < 1.29 is 4.74 Å². The molecule has 0 radical (unpaired) electrons. The molecular weight excluding hydrogens is 176 g/mol. The molecule has 0 fully saturated rings. The monoisotopic (exact) mass is 194 g/mol. The van der Waals surface area contributed by atoms with Gasteiger partial charge in [0.1, 0.15) is 5.82 Å². The number of ether oxygens (including phenoxy) is 1. The minimum absolute atomic E-state index is 0.621. The first-order chi connectivity index (χ1) is 6.74. The summed E-state index contributed by atoms with van der Waals surface area (Å²) in [6.45, 7) is 5.66. The van der Waals surface area contributed by atoms with E-state index in [1.165, 1.54) is 0 Å². The van der Waals surface area contributed by atoms with Gasteiger partial charge >= 0.3 is 0 Å². The Kier molecular flexibility index (Phi) is 4.40. The topological polar surface area (TPSA) is 48.1 Å². The fourth-order valence-corrected chi connectivity index (χ4v) is 1.27. The minimum Gasteiger partial charge on any atom is -0.383 e. The number of anilines is 1. The summed E-state index contributed by atoms with van der Waals surface area (Å²) in [6, 6.07) is 2.07. The molecule has 0 atom stereocenters. The zero-order valence-electron chi connectivity index (χ0n) is 8.92. The fraction of sp³-hybridized carbons (Fsp3) is 0.545. The number of nitrogens with two attached hydrogens (primary N) is 1. The maximum atomic E-state index is 5.74. The number of aromatic nitrogens is 1. The molecular formula is C11H18N2O. The van der Waals surface area contributed by atoms with E-state index < -0.39 is 0 Å². The molecule has 1 aromatic rings. The van der Waals surface area contributed by atoms with Gasteiger partial charge in [0.25, 0.3) is 0 Å². The van der Waals surface area contributed by atoms with Crippen LogP contribution in [0.4, 0.5) is 5.82 Å². The van der Waals surface area contributed by atoms with Crippen LogP contribution in [0.5, 0.6) is 0 Å². The Hall–Kier alpha value is -1.09. The SMILES string of the molecule is CCCOCCc1cc(C)cnc1N. The van der Waals surface area contributed by atoms with Crippen LogP contribution in [0.25, 0.3) is 0 Å². The normalized spacial score (nSPS) is 10.4. The lowest BCUT2D eigenvalue weighted by atomic mass is 10.1. The standard InChI is InChI=1S/C11H18N2O/c1-3-5-14-6-4-10-7-9(2)8-13-11(10)12/h7-8H,3-6H2,1-2H3,(H2,12,13). The summed E-state index contributed by atoms with van der Waals surface area (Å²) in [5.41, 5.74) is 7.97. The van der Waals surface area contributed by atoms with E-state index in [4.69, 9.17) is 10.5 Å². The molecule has 0 saturated carbocycles. The van der Waals surface area contributed by atoms with Gasteiger partial charge in [0, 0.05) is 12.8 Å². The van der Waals surface area contributed by atoms with Crippen LogP contribution in [-0.2, 0) is 11.2 Å². The Morgan fingerprint density at radius 1 is 1.43 bits per heavy atom. The largest absolute Gasteiger partial charge is 0.383 e. The van der Waals surface area contributed by atoms with Crippen molar-refractivity contribution >= 4 is 5.82 Å². The Balaban J connectivity index is 2.45. The van der Waals surface area contributed by atoms with Gasteiger partial charge in [-0.25, -0.2) is 4.98 Å². The van der Waals surface area contributed by atoms with Gasteiger partial charge in [-0.05, 0) is 30.9 Å². The summed E-state index contributed by atoms with van der Waals surface area (Å²) in [5, 5.41) is 0. The zero-order valence-corrected chi connectivity index (χ0v) is 8.92. The summed E-state index contributed by atoms with van der Waals surface area (Å²) in [5.74, 6) is 0.621. The van der Waals surface area contributed by atoms with Crippen LogP contribution in [0.1, 0.15) is 24.5 Å². The lowest BCUT2D eigenvalue weighted by molar-refractivity contribution is 0.138. The smallest absolute Gasteiger partial charge is 0.126 e. The lowest BCUT2D eigenvalue weighted by Gasteiger charge is -2.06. The van der Waals surface area contributed by atoms with Crippen LogP contribution in [0.2, 0.25) is 0 Å². The van der Waals surface area contributed by atoms with E-state index in [0.717, 1.165) is 37.2 Å². The number of pyridine rings is 1. The molecule has 14 heavy (non-hydrogen) atoms. The van der Waals surface area contributed by atoms with Gasteiger partial charge in [0.15, 0.2) is 0 Å². The van der Waals surface area contributed by atoms with Crippen molar-refractivity contribution in [2.75, 3.05) is 18.9 Å². The van der Waals surface area contributed by atoms with E-state index in [9.17, 15) is 0 Å². The molecule has 1 heterocycles. The van der Waals surface area contributed by atoms with Crippen molar-refractivity contribution in [1.82, 2.24) is 4.98 Å². The molecule has 0 spiro atoms. The van der Waals surface area contributed by atoms with Crippen molar-refractivity contribution in [2.24, 2.45) is 0 Å². The van der Waals surface area contributed by atoms with E-state index in [0.29, 0.717) is 5.82 Å². The maximum Gasteiger partial charge on any atom is 0.126 e. The minimum atomic E-state index is 0.621. The van der Waals surface area contributed by atoms with Gasteiger partial charge in [-0.2, -0.15) is 0 Å². The number of hydrogen-bond acceptors (Lipinski definition) is 3. The van der Waals surface area contributed by atoms with E-state index in [-0.39, 0.29) is 0 Å². The average Bonchev–Trinajstić information content (AvgIpc) is 2.18. The molecule has 0 aromatic carbocycles. The van der Waals surface area contributed by atoms with Gasteiger partial charge in [-0.3, -0.25) is 0 Å². The molecule has 0 aliphatic rings. The van der Waals surface area contributed by atoms with Gasteiger partial charge in [-0.15, -0.1) is 0 Å². The van der Waals surface area contributed by atoms with Gasteiger partial charge in [-0.1, -0.05) is 13.0 Å². The van der Waals surface area contributed by atoms with Crippen molar-refractivity contribution in [3.05, 3.63) is 23.4 Å². The third kappa shape index (κ3) is 3.34. The van der Waals surface area contributed by atoms with Crippen molar-refractivity contribution in [2.45, 2.75) is 26.7 Å². The molecule has 0 bridgehead atoms. The molecule has 0 amide bonds. The van der Waals surface area contributed by atoms with Crippen LogP contribution >= 0.6 is 0 Å². The highest BCUT2D eigenvalue weighted by molar-refractivity contribution is 5.40. The maximum absolute atomic E-state index is 5.74. The van der Waals surface area contributed by atoms with Crippen molar-refractivity contribution in [1.29, 1.82) is 0 Å². The van der Waals surface area contributed by atoms with Crippen molar-refractivity contribution in [3.63, 3.8) is 0 Å². The second-order valence-electron chi connectivity index (χ2n) is 3.42. The highest BCUT2D eigenvalue weighted by atomic mass is 16.5. The van der Waals surface area contributed by atoms with Gasteiger partial charge in [0.05, 0.1) is 6.61 Å². The Labute approximate surface area is 85.3 Å². The summed E-state index contributed by atoms with van der Waals surface area (Å²) >= 11 is 0. The van der Waals surface area contributed by atoms with Crippen LogP contribution < -0.4 is 5.73 Å². The van der Waals surface area contributed by atoms with Gasteiger partial charge in [0.2, 0.25) is 0 Å².